The molecule has 0 radical (unpaired) electrons. The van der Waals surface area contributed by atoms with Crippen molar-refractivity contribution in [2.45, 2.75) is 24.7 Å². The molecule has 2 aromatic heterocycles. The van der Waals surface area contributed by atoms with Crippen molar-refractivity contribution >= 4 is 5.97 Å². The maximum absolute atomic E-state index is 10.6. The summed E-state index contributed by atoms with van der Waals surface area (Å²) in [5.74, 6) is -1.65. The van der Waals surface area contributed by atoms with E-state index < -0.39 is 12.1 Å². The third-order valence-electron chi connectivity index (χ3n) is 5.79. The van der Waals surface area contributed by atoms with E-state index in [0.29, 0.717) is 24.0 Å². The second-order valence-electron chi connectivity index (χ2n) is 8.45. The first kappa shape index (κ1) is 24.5. The highest BCUT2D eigenvalue weighted by atomic mass is 19.4. The Kier molecular flexibility index (Phi) is 7.24. The number of aromatic nitrogens is 3. The van der Waals surface area contributed by atoms with E-state index in [9.17, 15) is 13.2 Å². The fraction of sp³-hybridized carbons (Fsp3) is 0.524. The van der Waals surface area contributed by atoms with E-state index in [0.717, 1.165) is 32.6 Å². The van der Waals surface area contributed by atoms with Crippen molar-refractivity contribution < 1.29 is 27.8 Å². The van der Waals surface area contributed by atoms with Crippen molar-refractivity contribution in [3.05, 3.63) is 41.9 Å². The number of nitriles is 1. The van der Waals surface area contributed by atoms with Gasteiger partial charge in [-0.1, -0.05) is 0 Å². The number of halogens is 3. The van der Waals surface area contributed by atoms with Crippen molar-refractivity contribution in [1.82, 2.24) is 24.6 Å². The number of aliphatic carboxylic acids is 1. The summed E-state index contributed by atoms with van der Waals surface area (Å²) < 4.78 is 39.4. The average molecular weight is 466 g/mol. The molecule has 0 saturated carbocycles. The summed E-state index contributed by atoms with van der Waals surface area (Å²) in [5.41, 5.74) is 2.11. The lowest BCUT2D eigenvalue weighted by Gasteiger charge is -2.52. The molecule has 2 aromatic rings. The molecule has 1 unspecified atom stereocenters. The molecule has 0 bridgehead atoms. The lowest BCUT2D eigenvalue weighted by molar-refractivity contribution is -0.192. The van der Waals surface area contributed by atoms with Crippen LogP contribution in [0.4, 0.5) is 13.2 Å². The van der Waals surface area contributed by atoms with Gasteiger partial charge in [0.05, 0.1) is 18.4 Å². The van der Waals surface area contributed by atoms with E-state index >= 15 is 0 Å². The highest BCUT2D eigenvalue weighted by Crippen LogP contribution is 2.40. The van der Waals surface area contributed by atoms with Crippen molar-refractivity contribution in [1.29, 1.82) is 5.26 Å². The van der Waals surface area contributed by atoms with Crippen molar-refractivity contribution in [3.8, 4) is 11.9 Å². The number of carboxylic acids is 1. The Bertz CT molecular complexity index is 996. The Labute approximate surface area is 189 Å². The molecule has 12 heteroatoms. The van der Waals surface area contributed by atoms with Crippen LogP contribution in [0, 0.1) is 17.2 Å². The van der Waals surface area contributed by atoms with Gasteiger partial charge in [-0.2, -0.15) is 23.5 Å². The number of likely N-dealkylation sites (N-methyl/N-ethyl adjacent to an activating group) is 1. The quantitative estimate of drug-likeness (QED) is 0.712. The molecule has 33 heavy (non-hydrogen) atoms. The molecule has 2 aliphatic heterocycles. The van der Waals surface area contributed by atoms with Crippen LogP contribution in [-0.4, -0.2) is 80.6 Å². The molecular formula is C21H25F3N6O3. The van der Waals surface area contributed by atoms with Gasteiger partial charge in [-0.3, -0.25) is 14.5 Å². The molecule has 2 saturated heterocycles. The molecule has 2 fully saturated rings. The molecule has 4 rings (SSSR count). The molecular weight excluding hydrogens is 441 g/mol. The van der Waals surface area contributed by atoms with E-state index in [1.54, 1.807) is 18.3 Å². The van der Waals surface area contributed by atoms with Crippen LogP contribution in [0.5, 0.6) is 5.88 Å². The second kappa shape index (κ2) is 9.76. The fourth-order valence-corrected chi connectivity index (χ4v) is 4.27. The monoisotopic (exact) mass is 466 g/mol. The van der Waals surface area contributed by atoms with Crippen LogP contribution in [-0.2, 0) is 18.4 Å². The van der Waals surface area contributed by atoms with Gasteiger partial charge >= 0.3 is 12.1 Å². The number of rotatable bonds is 5. The lowest BCUT2D eigenvalue weighted by Crippen LogP contribution is -2.66. The van der Waals surface area contributed by atoms with Crippen LogP contribution in [0.15, 0.2) is 30.7 Å². The highest BCUT2D eigenvalue weighted by molar-refractivity contribution is 5.73. The van der Waals surface area contributed by atoms with Crippen molar-refractivity contribution in [2.24, 2.45) is 13.0 Å². The maximum Gasteiger partial charge on any atom is 0.490 e. The van der Waals surface area contributed by atoms with E-state index in [1.165, 1.54) is 5.56 Å². The molecule has 1 N–H and O–H groups in total. The maximum atomic E-state index is 10.6. The van der Waals surface area contributed by atoms with Gasteiger partial charge in [0.2, 0.25) is 5.88 Å². The zero-order valence-corrected chi connectivity index (χ0v) is 18.3. The van der Waals surface area contributed by atoms with Crippen LogP contribution in [0.1, 0.15) is 17.5 Å². The minimum atomic E-state index is -5.08. The molecule has 0 aliphatic carbocycles. The third kappa shape index (κ3) is 6.21. The molecule has 9 nitrogen and oxygen atoms in total. The molecule has 178 valence electrons. The second-order valence-corrected chi connectivity index (χ2v) is 8.45. The van der Waals surface area contributed by atoms with Crippen molar-refractivity contribution in [3.63, 3.8) is 0 Å². The number of hydrogen-bond acceptors (Lipinski definition) is 7. The number of carboxylic acid groups (broad SMARTS) is 1. The Morgan fingerprint density at radius 1 is 1.33 bits per heavy atom. The first-order valence-electron chi connectivity index (χ1n) is 10.2. The number of alkyl halides is 3. The molecule has 2 aliphatic rings. The topological polar surface area (TPSA) is 108 Å². The number of pyridine rings is 1. The van der Waals surface area contributed by atoms with Crippen LogP contribution < -0.4 is 4.74 Å². The SMILES string of the molecule is CN1CC(COc2ccc(C#N)cn2)CC12CN(Cc1cnn(C)c1)C2.O=C(O)C(F)(F)F. The zero-order chi connectivity index (χ0) is 24.2. The number of nitrogens with zero attached hydrogens (tertiary/aromatic N) is 6. The van der Waals surface area contributed by atoms with Gasteiger partial charge in [-0.05, 0) is 19.5 Å². The van der Waals surface area contributed by atoms with E-state index in [-0.39, 0.29) is 5.54 Å². The summed E-state index contributed by atoms with van der Waals surface area (Å²) in [4.78, 5) is 18.1. The summed E-state index contributed by atoms with van der Waals surface area (Å²) in [5, 5.41) is 20.2. The summed E-state index contributed by atoms with van der Waals surface area (Å²) >= 11 is 0. The smallest absolute Gasteiger partial charge is 0.477 e. The Hall–Kier alpha value is -3.17. The largest absolute Gasteiger partial charge is 0.490 e. The zero-order valence-electron chi connectivity index (χ0n) is 18.3. The Balaban J connectivity index is 0.000000383. The normalized spacial score (nSPS) is 19.9. The fourth-order valence-electron chi connectivity index (χ4n) is 4.27. The van der Waals surface area contributed by atoms with Gasteiger partial charge in [0.25, 0.3) is 0 Å². The predicted molar refractivity (Wildman–Crippen MR) is 110 cm³/mol. The van der Waals surface area contributed by atoms with Gasteiger partial charge in [-0.25, -0.2) is 9.78 Å². The minimum Gasteiger partial charge on any atom is -0.477 e. The number of carbonyl (C=O) groups is 1. The Morgan fingerprint density at radius 2 is 2.03 bits per heavy atom. The lowest BCUT2D eigenvalue weighted by atomic mass is 9.84. The molecule has 0 amide bonds. The molecule has 1 spiro atoms. The standard InChI is InChI=1S/C19H24N6O.C2HF3O2/c1-23-9-16(12-26-18-4-3-15(6-20)7-21-18)5-19(23)13-25(14-19)11-17-8-22-24(2)10-17;3-2(4,5)1(6)7/h3-4,7-8,10,16H,5,9,11-14H2,1-2H3;(H,6,7). The first-order valence-corrected chi connectivity index (χ1v) is 10.2. The molecule has 4 heterocycles. The number of likely N-dealkylation sites (tertiary alicyclic amines) is 2. The van der Waals surface area contributed by atoms with Gasteiger partial charge in [0.15, 0.2) is 0 Å². The predicted octanol–water partition coefficient (Wildman–Crippen LogP) is 1.91. The number of hydrogen-bond donors (Lipinski definition) is 1. The van der Waals surface area contributed by atoms with E-state index in [4.69, 9.17) is 19.9 Å². The summed E-state index contributed by atoms with van der Waals surface area (Å²) in [6.45, 7) is 4.90. The van der Waals surface area contributed by atoms with Crippen molar-refractivity contribution in [2.75, 3.05) is 33.3 Å². The van der Waals surface area contributed by atoms with Gasteiger partial charge in [-0.15, -0.1) is 0 Å². The number of aryl methyl sites for hydroxylation is 1. The third-order valence-corrected chi connectivity index (χ3v) is 5.79. The van der Waals surface area contributed by atoms with Crippen LogP contribution >= 0.6 is 0 Å². The minimum absolute atomic E-state index is 0.286. The van der Waals surface area contributed by atoms with Gasteiger partial charge < -0.3 is 9.84 Å². The average Bonchev–Trinajstić information content (AvgIpc) is 3.29. The van der Waals surface area contributed by atoms with Crippen LogP contribution in [0.25, 0.3) is 0 Å². The van der Waals surface area contributed by atoms with Crippen LogP contribution in [0.3, 0.4) is 0 Å². The summed E-state index contributed by atoms with van der Waals surface area (Å²) in [7, 11) is 4.18. The van der Waals surface area contributed by atoms with Gasteiger partial charge in [0.1, 0.15) is 6.07 Å². The first-order chi connectivity index (χ1) is 15.5. The van der Waals surface area contributed by atoms with E-state index in [2.05, 4.69) is 39.2 Å². The number of ether oxygens (including phenoxy) is 1. The summed E-state index contributed by atoms with van der Waals surface area (Å²) in [6.07, 6.45) is 1.67. The van der Waals surface area contributed by atoms with Gasteiger partial charge in [0, 0.05) is 68.7 Å². The molecule has 0 aromatic carbocycles. The highest BCUT2D eigenvalue weighted by Gasteiger charge is 2.51. The molecule has 1 atom stereocenters. The Morgan fingerprint density at radius 3 is 2.55 bits per heavy atom. The van der Waals surface area contributed by atoms with Crippen LogP contribution in [0.2, 0.25) is 0 Å². The van der Waals surface area contributed by atoms with E-state index in [1.807, 2.05) is 17.9 Å². The summed E-state index contributed by atoms with van der Waals surface area (Å²) in [6, 6.07) is 5.58.